The molecule has 0 radical (unpaired) electrons. The number of fused-ring (bicyclic) bond motifs is 1. The monoisotopic (exact) mass is 265 g/mol. The molecule has 0 aliphatic heterocycles. The van der Waals surface area contributed by atoms with Crippen molar-refractivity contribution in [2.75, 3.05) is 6.61 Å². The van der Waals surface area contributed by atoms with Crippen LogP contribution in [0, 0.1) is 0 Å². The number of aromatic amines is 1. The summed E-state index contributed by atoms with van der Waals surface area (Å²) < 4.78 is 5.46. The molecule has 0 spiro atoms. The SMILES string of the molecule is O=C(COCc1ccccc1)c1cc2ccccc2[nH]1. The summed E-state index contributed by atoms with van der Waals surface area (Å²) in [5, 5.41) is 1.04. The smallest absolute Gasteiger partial charge is 0.204 e. The largest absolute Gasteiger partial charge is 0.369 e. The second kappa shape index (κ2) is 5.72. The van der Waals surface area contributed by atoms with E-state index in [0.29, 0.717) is 12.3 Å². The van der Waals surface area contributed by atoms with Crippen molar-refractivity contribution in [3.63, 3.8) is 0 Å². The van der Waals surface area contributed by atoms with Gasteiger partial charge in [0.2, 0.25) is 5.78 Å². The van der Waals surface area contributed by atoms with Crippen LogP contribution in [0.25, 0.3) is 10.9 Å². The van der Waals surface area contributed by atoms with Crippen molar-refractivity contribution in [3.8, 4) is 0 Å². The van der Waals surface area contributed by atoms with Crippen molar-refractivity contribution in [3.05, 3.63) is 71.9 Å². The lowest BCUT2D eigenvalue weighted by Crippen LogP contribution is -2.09. The number of ether oxygens (including phenoxy) is 1. The van der Waals surface area contributed by atoms with Gasteiger partial charge in [0, 0.05) is 10.9 Å². The van der Waals surface area contributed by atoms with E-state index in [-0.39, 0.29) is 12.4 Å². The van der Waals surface area contributed by atoms with Crippen LogP contribution in [0.5, 0.6) is 0 Å². The number of carbonyl (C=O) groups is 1. The molecular formula is C17H15NO2. The van der Waals surface area contributed by atoms with Gasteiger partial charge < -0.3 is 9.72 Å². The fourth-order valence-electron chi connectivity index (χ4n) is 2.14. The van der Waals surface area contributed by atoms with Gasteiger partial charge in [-0.15, -0.1) is 0 Å². The maximum atomic E-state index is 12.0. The normalized spacial score (nSPS) is 10.8. The van der Waals surface area contributed by atoms with Crippen LogP contribution < -0.4 is 0 Å². The van der Waals surface area contributed by atoms with Crippen molar-refractivity contribution in [2.24, 2.45) is 0 Å². The Morgan fingerprint density at radius 3 is 2.55 bits per heavy atom. The van der Waals surface area contributed by atoms with Gasteiger partial charge in [0.1, 0.15) is 6.61 Å². The Balaban J connectivity index is 1.61. The first-order chi connectivity index (χ1) is 9.83. The van der Waals surface area contributed by atoms with E-state index in [2.05, 4.69) is 4.98 Å². The molecule has 3 rings (SSSR count). The number of Topliss-reactive ketones (excluding diaryl/α,β-unsaturated/α-hetero) is 1. The molecule has 100 valence electrons. The van der Waals surface area contributed by atoms with Crippen LogP contribution in [-0.4, -0.2) is 17.4 Å². The average molecular weight is 265 g/mol. The van der Waals surface area contributed by atoms with E-state index < -0.39 is 0 Å². The van der Waals surface area contributed by atoms with Crippen LogP contribution in [0.1, 0.15) is 16.1 Å². The second-order valence-corrected chi connectivity index (χ2v) is 4.67. The first-order valence-corrected chi connectivity index (χ1v) is 6.55. The van der Waals surface area contributed by atoms with Gasteiger partial charge in [0.05, 0.1) is 12.3 Å². The molecule has 1 heterocycles. The van der Waals surface area contributed by atoms with E-state index in [0.717, 1.165) is 16.5 Å². The molecule has 0 saturated carbocycles. The summed E-state index contributed by atoms with van der Waals surface area (Å²) in [5.41, 5.74) is 2.63. The molecule has 3 aromatic rings. The van der Waals surface area contributed by atoms with Crippen LogP contribution in [-0.2, 0) is 11.3 Å². The van der Waals surface area contributed by atoms with Gasteiger partial charge in [-0.05, 0) is 17.7 Å². The third-order valence-corrected chi connectivity index (χ3v) is 3.18. The van der Waals surface area contributed by atoms with Gasteiger partial charge in [-0.3, -0.25) is 4.79 Å². The fourth-order valence-corrected chi connectivity index (χ4v) is 2.14. The van der Waals surface area contributed by atoms with E-state index in [9.17, 15) is 4.79 Å². The summed E-state index contributed by atoms with van der Waals surface area (Å²) in [7, 11) is 0. The summed E-state index contributed by atoms with van der Waals surface area (Å²) in [4.78, 5) is 15.2. The number of rotatable bonds is 5. The quantitative estimate of drug-likeness (QED) is 0.717. The van der Waals surface area contributed by atoms with Crippen LogP contribution in [0.3, 0.4) is 0 Å². The molecule has 0 aliphatic carbocycles. The summed E-state index contributed by atoms with van der Waals surface area (Å²) in [6.45, 7) is 0.536. The van der Waals surface area contributed by atoms with Gasteiger partial charge in [-0.2, -0.15) is 0 Å². The zero-order valence-corrected chi connectivity index (χ0v) is 11.0. The molecular weight excluding hydrogens is 250 g/mol. The van der Waals surface area contributed by atoms with Crippen molar-refractivity contribution in [1.82, 2.24) is 4.98 Å². The molecule has 0 aliphatic rings. The van der Waals surface area contributed by atoms with E-state index in [1.54, 1.807) is 0 Å². The summed E-state index contributed by atoms with van der Waals surface area (Å²) in [5.74, 6) is -0.0304. The number of hydrogen-bond donors (Lipinski definition) is 1. The average Bonchev–Trinajstić information content (AvgIpc) is 2.92. The summed E-state index contributed by atoms with van der Waals surface area (Å²) in [6.07, 6.45) is 0. The Kier molecular flexibility index (Phi) is 3.61. The standard InChI is InChI=1S/C17H15NO2/c19-17(12-20-11-13-6-2-1-3-7-13)16-10-14-8-4-5-9-15(14)18-16/h1-10,18H,11-12H2. The fraction of sp³-hybridized carbons (Fsp3) is 0.118. The number of aromatic nitrogens is 1. The van der Waals surface area contributed by atoms with Gasteiger partial charge in [-0.1, -0.05) is 48.5 Å². The third-order valence-electron chi connectivity index (χ3n) is 3.18. The lowest BCUT2D eigenvalue weighted by molar-refractivity contribution is 0.0722. The molecule has 0 atom stereocenters. The third kappa shape index (κ3) is 2.78. The highest BCUT2D eigenvalue weighted by Crippen LogP contribution is 2.15. The van der Waals surface area contributed by atoms with Gasteiger partial charge in [0.15, 0.2) is 0 Å². The van der Waals surface area contributed by atoms with Crippen molar-refractivity contribution in [1.29, 1.82) is 0 Å². The molecule has 3 heteroatoms. The predicted octanol–water partition coefficient (Wildman–Crippen LogP) is 3.57. The topological polar surface area (TPSA) is 42.1 Å². The number of ketones is 1. The number of para-hydroxylation sites is 1. The first-order valence-electron chi connectivity index (χ1n) is 6.55. The predicted molar refractivity (Wildman–Crippen MR) is 78.7 cm³/mol. The molecule has 0 saturated heterocycles. The second-order valence-electron chi connectivity index (χ2n) is 4.67. The zero-order valence-electron chi connectivity index (χ0n) is 11.0. The van der Waals surface area contributed by atoms with Crippen molar-refractivity contribution >= 4 is 16.7 Å². The van der Waals surface area contributed by atoms with E-state index in [4.69, 9.17) is 4.74 Å². The van der Waals surface area contributed by atoms with E-state index >= 15 is 0 Å². The molecule has 0 bridgehead atoms. The Morgan fingerprint density at radius 1 is 1.00 bits per heavy atom. The molecule has 0 amide bonds. The number of benzene rings is 2. The zero-order chi connectivity index (χ0) is 13.8. The highest BCUT2D eigenvalue weighted by atomic mass is 16.5. The Labute approximate surface area is 117 Å². The molecule has 1 N–H and O–H groups in total. The van der Waals surface area contributed by atoms with Gasteiger partial charge >= 0.3 is 0 Å². The molecule has 0 unspecified atom stereocenters. The van der Waals surface area contributed by atoms with Crippen LogP contribution in [0.4, 0.5) is 0 Å². The van der Waals surface area contributed by atoms with Crippen LogP contribution in [0.15, 0.2) is 60.7 Å². The number of H-pyrrole nitrogens is 1. The summed E-state index contributed by atoms with van der Waals surface area (Å²) in [6, 6.07) is 19.5. The maximum absolute atomic E-state index is 12.0. The maximum Gasteiger partial charge on any atom is 0.204 e. The number of carbonyl (C=O) groups excluding carboxylic acids is 1. The Morgan fingerprint density at radius 2 is 1.75 bits per heavy atom. The highest BCUT2D eigenvalue weighted by Gasteiger charge is 2.09. The minimum atomic E-state index is -0.0304. The molecule has 3 nitrogen and oxygen atoms in total. The van der Waals surface area contributed by atoms with Crippen LogP contribution in [0.2, 0.25) is 0 Å². The summed E-state index contributed by atoms with van der Waals surface area (Å²) >= 11 is 0. The Bertz CT molecular complexity index is 683. The minimum absolute atomic E-state index is 0.0304. The minimum Gasteiger partial charge on any atom is -0.369 e. The first kappa shape index (κ1) is 12.6. The van der Waals surface area contributed by atoms with Crippen molar-refractivity contribution in [2.45, 2.75) is 6.61 Å². The molecule has 0 fully saturated rings. The number of hydrogen-bond acceptors (Lipinski definition) is 2. The molecule has 20 heavy (non-hydrogen) atoms. The molecule has 2 aromatic carbocycles. The Hall–Kier alpha value is -2.39. The lowest BCUT2D eigenvalue weighted by Gasteiger charge is -2.02. The van der Waals surface area contributed by atoms with Crippen molar-refractivity contribution < 1.29 is 9.53 Å². The molecule has 1 aromatic heterocycles. The lowest BCUT2D eigenvalue weighted by atomic mass is 10.2. The van der Waals surface area contributed by atoms with Crippen LogP contribution >= 0.6 is 0 Å². The van der Waals surface area contributed by atoms with Gasteiger partial charge in [0.25, 0.3) is 0 Å². The van der Waals surface area contributed by atoms with E-state index in [1.165, 1.54) is 0 Å². The highest BCUT2D eigenvalue weighted by molar-refractivity contribution is 6.00. The van der Waals surface area contributed by atoms with E-state index in [1.807, 2.05) is 60.7 Å². The van der Waals surface area contributed by atoms with Gasteiger partial charge in [-0.25, -0.2) is 0 Å². The number of nitrogens with one attached hydrogen (secondary N) is 1.